The summed E-state index contributed by atoms with van der Waals surface area (Å²) in [4.78, 5) is 24.6. The van der Waals surface area contributed by atoms with Gasteiger partial charge in [-0.1, -0.05) is 24.3 Å². The van der Waals surface area contributed by atoms with Crippen LogP contribution >= 0.6 is 11.8 Å². The van der Waals surface area contributed by atoms with Crippen LogP contribution in [0.15, 0.2) is 76.6 Å². The summed E-state index contributed by atoms with van der Waals surface area (Å²) in [5.41, 5.74) is 2.39. The Morgan fingerprint density at radius 2 is 1.81 bits per heavy atom. The number of nitrogens with zero attached hydrogens (tertiary/aromatic N) is 3. The summed E-state index contributed by atoms with van der Waals surface area (Å²) in [6.45, 7) is 1.91. The van der Waals surface area contributed by atoms with E-state index in [1.807, 2.05) is 73.7 Å². The van der Waals surface area contributed by atoms with Crippen molar-refractivity contribution in [1.82, 2.24) is 4.98 Å². The van der Waals surface area contributed by atoms with Crippen LogP contribution in [0, 0.1) is 6.92 Å². The average molecular weight is 432 g/mol. The number of para-hydroxylation sites is 1. The Kier molecular flexibility index (Phi) is 6.04. The van der Waals surface area contributed by atoms with Crippen LogP contribution in [0.4, 0.5) is 11.5 Å². The Bertz CT molecular complexity index is 1180. The molecule has 1 aliphatic rings. The van der Waals surface area contributed by atoms with E-state index in [1.54, 1.807) is 25.2 Å². The van der Waals surface area contributed by atoms with Crippen molar-refractivity contribution < 1.29 is 14.3 Å². The summed E-state index contributed by atoms with van der Waals surface area (Å²) in [6, 6.07) is 20.6. The van der Waals surface area contributed by atoms with E-state index < -0.39 is 0 Å². The second-order valence-corrected chi connectivity index (χ2v) is 7.74. The summed E-state index contributed by atoms with van der Waals surface area (Å²) in [6.07, 6.45) is 1.81. The molecule has 6 nitrogen and oxygen atoms in total. The number of hydrogen-bond donors (Lipinski definition) is 0. The zero-order valence-electron chi connectivity index (χ0n) is 17.4. The summed E-state index contributed by atoms with van der Waals surface area (Å²) in [5, 5.41) is 0.549. The lowest BCUT2D eigenvalue weighted by molar-refractivity contribution is -0.113. The molecule has 1 aromatic heterocycles. The maximum absolute atomic E-state index is 13.4. The smallest absolute Gasteiger partial charge is 0.271 e. The molecular weight excluding hydrogens is 410 g/mol. The average Bonchev–Trinajstić information content (AvgIpc) is 3.09. The number of pyridine rings is 1. The lowest BCUT2D eigenvalue weighted by Crippen LogP contribution is -2.28. The predicted octanol–water partition coefficient (Wildman–Crippen LogP) is 5.22. The zero-order chi connectivity index (χ0) is 21.8. The topological polar surface area (TPSA) is 64.0 Å². The molecule has 0 unspecified atom stereocenters. The van der Waals surface area contributed by atoms with E-state index >= 15 is 0 Å². The highest BCUT2D eigenvalue weighted by molar-refractivity contribution is 8.19. The molecule has 0 spiro atoms. The molecule has 7 heteroatoms. The normalized spacial score (nSPS) is 16.2. The molecule has 0 N–H and O–H groups in total. The Morgan fingerprint density at radius 1 is 1.00 bits per heavy atom. The van der Waals surface area contributed by atoms with Crippen molar-refractivity contribution in [2.75, 3.05) is 19.1 Å². The molecule has 1 fully saturated rings. The third-order valence-electron chi connectivity index (χ3n) is 4.63. The molecule has 2 aromatic carbocycles. The highest BCUT2D eigenvalue weighted by Gasteiger charge is 2.35. The third kappa shape index (κ3) is 4.46. The number of hydrogen-bond acceptors (Lipinski definition) is 6. The predicted molar refractivity (Wildman–Crippen MR) is 125 cm³/mol. The minimum Gasteiger partial charge on any atom is -0.497 e. The molecular formula is C24H21N3O3S. The van der Waals surface area contributed by atoms with Crippen LogP contribution in [-0.2, 0) is 4.79 Å². The van der Waals surface area contributed by atoms with Gasteiger partial charge < -0.3 is 9.47 Å². The van der Waals surface area contributed by atoms with Gasteiger partial charge >= 0.3 is 0 Å². The van der Waals surface area contributed by atoms with E-state index in [2.05, 4.69) is 9.98 Å². The van der Waals surface area contributed by atoms with Crippen LogP contribution in [0.5, 0.6) is 11.5 Å². The second kappa shape index (κ2) is 9.06. The maximum Gasteiger partial charge on any atom is 0.271 e. The number of amidine groups is 1. The lowest BCUT2D eigenvalue weighted by Gasteiger charge is -2.15. The number of aromatic nitrogens is 1. The largest absolute Gasteiger partial charge is 0.497 e. The molecule has 156 valence electrons. The SMILES string of the molecule is COc1ccc(/C=C2\S/C(=N/c3cccc(C)n3)N(c3ccccc3)C2=O)c(OC)c1. The van der Waals surface area contributed by atoms with E-state index in [1.165, 1.54) is 11.8 Å². The quantitative estimate of drug-likeness (QED) is 0.519. The number of thioether (sulfide) groups is 1. The van der Waals surface area contributed by atoms with Gasteiger partial charge in [-0.15, -0.1) is 0 Å². The van der Waals surface area contributed by atoms with Crippen molar-refractivity contribution in [3.05, 3.63) is 82.9 Å². The Balaban J connectivity index is 1.78. The number of ether oxygens (including phenoxy) is 2. The van der Waals surface area contributed by atoms with Gasteiger partial charge in [0.15, 0.2) is 11.0 Å². The molecule has 3 aromatic rings. The Morgan fingerprint density at radius 3 is 2.52 bits per heavy atom. The molecule has 0 atom stereocenters. The van der Waals surface area contributed by atoms with Gasteiger partial charge in [0.25, 0.3) is 5.91 Å². The van der Waals surface area contributed by atoms with E-state index in [9.17, 15) is 4.79 Å². The second-order valence-electron chi connectivity index (χ2n) is 6.73. The number of aliphatic imine (C=N–C) groups is 1. The van der Waals surface area contributed by atoms with Gasteiger partial charge in [0, 0.05) is 17.3 Å². The zero-order valence-corrected chi connectivity index (χ0v) is 18.2. The summed E-state index contributed by atoms with van der Waals surface area (Å²) >= 11 is 1.31. The highest BCUT2D eigenvalue weighted by atomic mass is 32.2. The molecule has 4 rings (SSSR count). The van der Waals surface area contributed by atoms with Crippen molar-refractivity contribution in [2.24, 2.45) is 4.99 Å². The van der Waals surface area contributed by atoms with Gasteiger partial charge in [0.05, 0.1) is 24.8 Å². The maximum atomic E-state index is 13.4. The van der Waals surface area contributed by atoms with Gasteiger partial charge in [0.1, 0.15) is 11.5 Å². The van der Waals surface area contributed by atoms with Crippen LogP contribution in [0.3, 0.4) is 0 Å². The van der Waals surface area contributed by atoms with Gasteiger partial charge in [-0.05, 0) is 61.2 Å². The summed E-state index contributed by atoms with van der Waals surface area (Å²) < 4.78 is 10.7. The highest BCUT2D eigenvalue weighted by Crippen LogP contribution is 2.38. The number of carbonyl (C=O) groups excluding carboxylic acids is 1. The molecule has 0 bridgehead atoms. The fraction of sp³-hybridized carbons (Fsp3) is 0.125. The van der Waals surface area contributed by atoms with Crippen LogP contribution in [-0.4, -0.2) is 30.3 Å². The molecule has 1 amide bonds. The molecule has 0 saturated carbocycles. The number of anilines is 1. The van der Waals surface area contributed by atoms with Gasteiger partial charge in [-0.3, -0.25) is 9.69 Å². The minimum absolute atomic E-state index is 0.152. The van der Waals surface area contributed by atoms with Crippen LogP contribution in [0.2, 0.25) is 0 Å². The van der Waals surface area contributed by atoms with Crippen LogP contribution in [0.1, 0.15) is 11.3 Å². The fourth-order valence-electron chi connectivity index (χ4n) is 3.12. The molecule has 1 saturated heterocycles. The van der Waals surface area contributed by atoms with Crippen LogP contribution in [0.25, 0.3) is 6.08 Å². The minimum atomic E-state index is -0.152. The fourth-order valence-corrected chi connectivity index (χ4v) is 4.10. The van der Waals surface area contributed by atoms with E-state index in [0.717, 1.165) is 16.9 Å². The molecule has 31 heavy (non-hydrogen) atoms. The van der Waals surface area contributed by atoms with Crippen LogP contribution < -0.4 is 14.4 Å². The number of carbonyl (C=O) groups is 1. The summed E-state index contributed by atoms with van der Waals surface area (Å²) in [7, 11) is 3.19. The number of methoxy groups -OCH3 is 2. The Hall–Kier alpha value is -3.58. The number of benzene rings is 2. The first-order valence-electron chi connectivity index (χ1n) is 9.62. The summed E-state index contributed by atoms with van der Waals surface area (Å²) in [5.74, 6) is 1.71. The van der Waals surface area contributed by atoms with Crippen molar-refractivity contribution >= 4 is 40.4 Å². The lowest BCUT2D eigenvalue weighted by atomic mass is 10.1. The van der Waals surface area contributed by atoms with Gasteiger partial charge in [-0.2, -0.15) is 0 Å². The monoisotopic (exact) mass is 431 g/mol. The Labute approximate surface area is 185 Å². The van der Waals surface area contributed by atoms with E-state index in [4.69, 9.17) is 9.47 Å². The number of aryl methyl sites for hydroxylation is 1. The number of rotatable bonds is 5. The molecule has 0 aliphatic carbocycles. The first kappa shape index (κ1) is 20.7. The van der Waals surface area contributed by atoms with Crippen molar-refractivity contribution in [3.63, 3.8) is 0 Å². The molecule has 2 heterocycles. The van der Waals surface area contributed by atoms with E-state index in [-0.39, 0.29) is 5.91 Å². The third-order valence-corrected chi connectivity index (χ3v) is 5.60. The van der Waals surface area contributed by atoms with Gasteiger partial charge in [0.2, 0.25) is 0 Å². The van der Waals surface area contributed by atoms with E-state index in [0.29, 0.717) is 27.4 Å². The standard InChI is InChI=1S/C24H21N3O3S/c1-16-8-7-11-22(25-16)26-24-27(18-9-5-4-6-10-18)23(28)21(31-24)14-17-12-13-19(29-2)15-20(17)30-3/h4-15H,1-3H3/b21-14-,26-24+. The first-order chi connectivity index (χ1) is 15.1. The molecule has 0 radical (unpaired) electrons. The van der Waals surface area contributed by atoms with Crippen molar-refractivity contribution in [2.45, 2.75) is 6.92 Å². The number of amides is 1. The van der Waals surface area contributed by atoms with Crippen molar-refractivity contribution in [1.29, 1.82) is 0 Å². The van der Waals surface area contributed by atoms with Crippen molar-refractivity contribution in [3.8, 4) is 11.5 Å². The molecule has 1 aliphatic heterocycles. The van der Waals surface area contributed by atoms with Gasteiger partial charge in [-0.25, -0.2) is 9.98 Å². The first-order valence-corrected chi connectivity index (χ1v) is 10.4.